The molecule has 124 valence electrons. The van der Waals surface area contributed by atoms with Crippen molar-refractivity contribution in [3.05, 3.63) is 53.5 Å². The highest BCUT2D eigenvalue weighted by atomic mass is 32.2. The van der Waals surface area contributed by atoms with E-state index >= 15 is 0 Å². The van der Waals surface area contributed by atoms with Gasteiger partial charge in [0.25, 0.3) is 0 Å². The summed E-state index contributed by atoms with van der Waals surface area (Å²) in [6, 6.07) is 8.59. The third-order valence-corrected chi connectivity index (χ3v) is 6.54. The summed E-state index contributed by atoms with van der Waals surface area (Å²) < 4.78 is 44.4. The lowest BCUT2D eigenvalue weighted by atomic mass is 10.0. The van der Waals surface area contributed by atoms with Gasteiger partial charge in [-0.25, -0.2) is 12.8 Å². The van der Waals surface area contributed by atoms with Crippen LogP contribution in [0.2, 0.25) is 0 Å². The SMILES string of the molecule is O=S(=O)(c1ccc(F)cc1)N1CC(c2nc(-c3cccs3)no2)C1. The summed E-state index contributed by atoms with van der Waals surface area (Å²) in [4.78, 5) is 5.32. The Morgan fingerprint density at radius 2 is 1.96 bits per heavy atom. The van der Waals surface area contributed by atoms with E-state index in [1.807, 2.05) is 17.5 Å². The number of sulfonamides is 1. The first-order valence-corrected chi connectivity index (χ1v) is 9.49. The van der Waals surface area contributed by atoms with E-state index in [0.29, 0.717) is 11.7 Å². The normalized spacial score (nSPS) is 16.2. The van der Waals surface area contributed by atoms with Crippen LogP contribution in [-0.4, -0.2) is 36.0 Å². The van der Waals surface area contributed by atoms with Crippen molar-refractivity contribution in [1.29, 1.82) is 0 Å². The highest BCUT2D eigenvalue weighted by Gasteiger charge is 2.40. The molecule has 9 heteroatoms. The van der Waals surface area contributed by atoms with Gasteiger partial charge in [-0.1, -0.05) is 11.2 Å². The highest BCUT2D eigenvalue weighted by Crippen LogP contribution is 2.32. The zero-order valence-electron chi connectivity index (χ0n) is 12.3. The first-order chi connectivity index (χ1) is 11.5. The minimum Gasteiger partial charge on any atom is -0.339 e. The van der Waals surface area contributed by atoms with Crippen LogP contribution in [0.25, 0.3) is 10.7 Å². The molecule has 2 aromatic heterocycles. The van der Waals surface area contributed by atoms with E-state index in [1.54, 1.807) is 0 Å². The number of halogens is 1. The Balaban J connectivity index is 1.47. The van der Waals surface area contributed by atoms with Crippen molar-refractivity contribution in [2.24, 2.45) is 0 Å². The summed E-state index contributed by atoms with van der Waals surface area (Å²) in [5, 5.41) is 5.85. The third kappa shape index (κ3) is 2.64. The minimum absolute atomic E-state index is 0.0761. The van der Waals surface area contributed by atoms with Crippen molar-refractivity contribution in [3.8, 4) is 10.7 Å². The second kappa shape index (κ2) is 5.76. The molecule has 3 aromatic rings. The third-order valence-electron chi connectivity index (χ3n) is 3.83. The van der Waals surface area contributed by atoms with E-state index in [1.165, 1.54) is 27.8 Å². The summed E-state index contributed by atoms with van der Waals surface area (Å²) >= 11 is 1.51. The van der Waals surface area contributed by atoms with E-state index in [4.69, 9.17) is 4.52 Å². The predicted molar refractivity (Wildman–Crippen MR) is 85.5 cm³/mol. The summed E-state index contributed by atoms with van der Waals surface area (Å²) in [6.45, 7) is 0.539. The van der Waals surface area contributed by atoms with Crippen LogP contribution < -0.4 is 0 Å². The van der Waals surface area contributed by atoms with E-state index in [0.717, 1.165) is 17.0 Å². The van der Waals surface area contributed by atoms with Gasteiger partial charge in [0.1, 0.15) is 5.82 Å². The van der Waals surface area contributed by atoms with Crippen LogP contribution in [0, 0.1) is 5.82 Å². The first-order valence-electron chi connectivity index (χ1n) is 7.17. The maximum Gasteiger partial charge on any atom is 0.243 e. The summed E-state index contributed by atoms with van der Waals surface area (Å²) in [5.41, 5.74) is 0. The number of hydrogen-bond acceptors (Lipinski definition) is 6. The van der Waals surface area contributed by atoms with Crippen molar-refractivity contribution in [1.82, 2.24) is 14.4 Å². The van der Waals surface area contributed by atoms with E-state index in [9.17, 15) is 12.8 Å². The molecule has 4 rings (SSSR count). The van der Waals surface area contributed by atoms with E-state index in [2.05, 4.69) is 10.1 Å². The van der Waals surface area contributed by atoms with Crippen molar-refractivity contribution in [2.75, 3.05) is 13.1 Å². The fourth-order valence-electron chi connectivity index (χ4n) is 2.45. The predicted octanol–water partition coefficient (Wildman–Crippen LogP) is 2.73. The Morgan fingerprint density at radius 3 is 2.62 bits per heavy atom. The van der Waals surface area contributed by atoms with Crippen molar-refractivity contribution in [2.45, 2.75) is 10.8 Å². The standard InChI is InChI=1S/C15H12FN3O3S2/c16-11-3-5-12(6-4-11)24(20,21)19-8-10(9-19)15-17-14(18-22-15)13-2-1-7-23-13/h1-7,10H,8-9H2. The Kier molecular flexibility index (Phi) is 3.70. The Bertz CT molecular complexity index is 946. The molecular formula is C15H12FN3O3S2. The molecule has 1 aromatic carbocycles. The molecule has 6 nitrogen and oxygen atoms in total. The van der Waals surface area contributed by atoms with E-state index < -0.39 is 15.8 Å². The molecule has 0 aliphatic carbocycles. The first kappa shape index (κ1) is 15.4. The van der Waals surface area contributed by atoms with Crippen molar-refractivity contribution < 1.29 is 17.3 Å². The number of nitrogens with zero attached hydrogens (tertiary/aromatic N) is 3. The average molecular weight is 365 g/mol. The monoisotopic (exact) mass is 365 g/mol. The number of thiophene rings is 1. The number of hydrogen-bond donors (Lipinski definition) is 0. The van der Waals surface area contributed by atoms with Gasteiger partial charge in [0.15, 0.2) is 0 Å². The van der Waals surface area contributed by atoms with Crippen molar-refractivity contribution >= 4 is 21.4 Å². The van der Waals surface area contributed by atoms with Crippen LogP contribution in [0.15, 0.2) is 51.2 Å². The topological polar surface area (TPSA) is 76.3 Å². The Labute approximate surface area is 141 Å². The summed E-state index contributed by atoms with van der Waals surface area (Å²) in [7, 11) is -3.62. The van der Waals surface area contributed by atoms with Gasteiger partial charge < -0.3 is 4.52 Å². The Morgan fingerprint density at radius 1 is 1.21 bits per heavy atom. The van der Waals surface area contributed by atoms with Gasteiger partial charge in [0.05, 0.1) is 15.7 Å². The highest BCUT2D eigenvalue weighted by molar-refractivity contribution is 7.89. The maximum absolute atomic E-state index is 12.9. The minimum atomic E-state index is -3.62. The van der Waals surface area contributed by atoms with E-state index in [-0.39, 0.29) is 23.9 Å². The fourth-order valence-corrected chi connectivity index (χ4v) is 4.63. The largest absolute Gasteiger partial charge is 0.339 e. The molecule has 0 saturated carbocycles. The molecule has 0 amide bonds. The molecule has 0 bridgehead atoms. The molecular weight excluding hydrogens is 353 g/mol. The van der Waals surface area contributed by atoms with Crippen molar-refractivity contribution in [3.63, 3.8) is 0 Å². The molecule has 0 atom stereocenters. The smallest absolute Gasteiger partial charge is 0.243 e. The lowest BCUT2D eigenvalue weighted by Gasteiger charge is -2.35. The molecule has 0 N–H and O–H groups in total. The number of benzene rings is 1. The second-order valence-corrected chi connectivity index (χ2v) is 8.29. The van der Waals surface area contributed by atoms with Gasteiger partial charge in [0.2, 0.25) is 21.7 Å². The number of rotatable bonds is 4. The molecule has 1 aliphatic rings. The summed E-state index contributed by atoms with van der Waals surface area (Å²) in [5.74, 6) is 0.354. The van der Waals surface area contributed by atoms with Gasteiger partial charge in [-0.05, 0) is 35.7 Å². The van der Waals surface area contributed by atoms with Gasteiger partial charge in [-0.15, -0.1) is 11.3 Å². The zero-order valence-corrected chi connectivity index (χ0v) is 13.9. The average Bonchev–Trinajstić information content (AvgIpc) is 3.16. The lowest BCUT2D eigenvalue weighted by Crippen LogP contribution is -2.48. The maximum atomic E-state index is 12.9. The van der Waals surface area contributed by atoms with Crippen LogP contribution in [0.4, 0.5) is 4.39 Å². The van der Waals surface area contributed by atoms with Gasteiger partial charge >= 0.3 is 0 Å². The molecule has 3 heterocycles. The lowest BCUT2D eigenvalue weighted by molar-refractivity contribution is 0.217. The quantitative estimate of drug-likeness (QED) is 0.710. The second-order valence-electron chi connectivity index (χ2n) is 5.41. The summed E-state index contributed by atoms with van der Waals surface area (Å²) in [6.07, 6.45) is 0. The molecule has 0 unspecified atom stereocenters. The van der Waals surface area contributed by atoms with Crippen LogP contribution in [0.5, 0.6) is 0 Å². The van der Waals surface area contributed by atoms with Crippen LogP contribution in [-0.2, 0) is 10.0 Å². The zero-order chi connectivity index (χ0) is 16.7. The molecule has 1 aliphatic heterocycles. The molecule has 24 heavy (non-hydrogen) atoms. The molecule has 1 fully saturated rings. The molecule has 0 spiro atoms. The fraction of sp³-hybridized carbons (Fsp3) is 0.200. The van der Waals surface area contributed by atoms with Crippen LogP contribution in [0.1, 0.15) is 11.8 Å². The van der Waals surface area contributed by atoms with Crippen LogP contribution >= 0.6 is 11.3 Å². The van der Waals surface area contributed by atoms with Gasteiger partial charge in [-0.3, -0.25) is 0 Å². The molecule has 0 radical (unpaired) electrons. The number of aromatic nitrogens is 2. The van der Waals surface area contributed by atoms with Gasteiger partial charge in [-0.2, -0.15) is 9.29 Å². The molecule has 1 saturated heterocycles. The Hall–Kier alpha value is -2.10. The van der Waals surface area contributed by atoms with Gasteiger partial charge in [0, 0.05) is 13.1 Å². The van der Waals surface area contributed by atoms with Crippen LogP contribution in [0.3, 0.4) is 0 Å².